The zero-order chi connectivity index (χ0) is 13.8. The number of amides is 1. The minimum atomic E-state index is -0.0369. The van der Waals surface area contributed by atoms with Crippen LogP contribution < -0.4 is 5.32 Å². The summed E-state index contributed by atoms with van der Waals surface area (Å²) < 4.78 is 1.76. The molecule has 0 bridgehead atoms. The normalized spacial score (nSPS) is 17.2. The molecule has 1 N–H and O–H groups in total. The largest absolute Gasteiger partial charge is 0.345 e. The quantitative estimate of drug-likeness (QED) is 0.847. The minimum absolute atomic E-state index is 0.0369. The molecule has 0 aliphatic heterocycles. The van der Waals surface area contributed by atoms with Crippen LogP contribution in [0.4, 0.5) is 0 Å². The number of hydrogen-bond acceptors (Lipinski definition) is 2. The maximum Gasteiger partial charge on any atom is 0.270 e. The van der Waals surface area contributed by atoms with Crippen molar-refractivity contribution in [3.8, 4) is 0 Å². The van der Waals surface area contributed by atoms with Gasteiger partial charge < -0.3 is 5.32 Å². The fourth-order valence-corrected chi connectivity index (χ4v) is 2.53. The third kappa shape index (κ3) is 3.25. The van der Waals surface area contributed by atoms with Crippen molar-refractivity contribution >= 4 is 5.91 Å². The lowest BCUT2D eigenvalue weighted by Gasteiger charge is -2.21. The molecule has 19 heavy (non-hydrogen) atoms. The molecule has 0 fully saturated rings. The van der Waals surface area contributed by atoms with Crippen molar-refractivity contribution < 1.29 is 4.79 Å². The molecule has 1 heterocycles. The van der Waals surface area contributed by atoms with Crippen LogP contribution >= 0.6 is 0 Å². The van der Waals surface area contributed by atoms with E-state index in [9.17, 15) is 4.79 Å². The minimum Gasteiger partial charge on any atom is -0.345 e. The molecule has 0 aromatic carbocycles. The molecule has 2 rings (SSSR count). The van der Waals surface area contributed by atoms with Gasteiger partial charge in [0.05, 0.1) is 0 Å². The third-order valence-electron chi connectivity index (χ3n) is 3.62. The summed E-state index contributed by atoms with van der Waals surface area (Å²) in [6.45, 7) is 6.11. The molecule has 104 valence electrons. The van der Waals surface area contributed by atoms with Gasteiger partial charge in [-0.1, -0.05) is 11.6 Å². The molecule has 4 nitrogen and oxygen atoms in total. The van der Waals surface area contributed by atoms with Crippen molar-refractivity contribution in [1.29, 1.82) is 0 Å². The standard InChI is InChI=1S/C15H23N3O/c1-11(2)18-14(9-10-16-18)15(19)17-12(3)13-7-5-4-6-8-13/h7,9-12H,4-6,8H2,1-3H3,(H,17,19). The van der Waals surface area contributed by atoms with Gasteiger partial charge in [0.15, 0.2) is 0 Å². The number of rotatable bonds is 4. The summed E-state index contributed by atoms with van der Waals surface area (Å²) in [6.07, 6.45) is 8.69. The maximum atomic E-state index is 12.3. The van der Waals surface area contributed by atoms with Crippen LogP contribution in [-0.2, 0) is 0 Å². The summed E-state index contributed by atoms with van der Waals surface area (Å²) in [4.78, 5) is 12.3. The Morgan fingerprint density at radius 1 is 1.37 bits per heavy atom. The number of hydrogen-bond donors (Lipinski definition) is 1. The fourth-order valence-electron chi connectivity index (χ4n) is 2.53. The summed E-state index contributed by atoms with van der Waals surface area (Å²) in [6, 6.07) is 2.08. The lowest BCUT2D eigenvalue weighted by molar-refractivity contribution is 0.0932. The molecule has 1 atom stereocenters. The number of nitrogens with zero attached hydrogens (tertiary/aromatic N) is 2. The lowest BCUT2D eigenvalue weighted by Crippen LogP contribution is -2.35. The number of nitrogens with one attached hydrogen (secondary N) is 1. The number of aromatic nitrogens is 2. The van der Waals surface area contributed by atoms with Gasteiger partial charge in [0, 0.05) is 18.3 Å². The monoisotopic (exact) mass is 261 g/mol. The van der Waals surface area contributed by atoms with Crippen molar-refractivity contribution in [2.45, 2.75) is 58.5 Å². The van der Waals surface area contributed by atoms with Crippen LogP contribution in [0.5, 0.6) is 0 Å². The molecule has 0 saturated carbocycles. The third-order valence-corrected chi connectivity index (χ3v) is 3.62. The average Bonchev–Trinajstić information content (AvgIpc) is 2.89. The van der Waals surface area contributed by atoms with E-state index >= 15 is 0 Å². The first-order chi connectivity index (χ1) is 9.09. The first-order valence-electron chi connectivity index (χ1n) is 7.13. The zero-order valence-electron chi connectivity index (χ0n) is 12.0. The van der Waals surface area contributed by atoms with E-state index in [1.165, 1.54) is 18.4 Å². The van der Waals surface area contributed by atoms with E-state index in [4.69, 9.17) is 0 Å². The van der Waals surface area contributed by atoms with Crippen LogP contribution in [0.15, 0.2) is 23.9 Å². The fraction of sp³-hybridized carbons (Fsp3) is 0.600. The zero-order valence-corrected chi connectivity index (χ0v) is 12.0. The Bertz CT molecular complexity index is 473. The average molecular weight is 261 g/mol. The Labute approximate surface area is 114 Å². The second-order valence-electron chi connectivity index (χ2n) is 5.47. The molecule has 1 unspecified atom stereocenters. The molecule has 1 aliphatic rings. The van der Waals surface area contributed by atoms with E-state index in [1.54, 1.807) is 16.9 Å². The molecule has 0 spiro atoms. The molecule has 1 amide bonds. The first kappa shape index (κ1) is 13.8. The highest BCUT2D eigenvalue weighted by Gasteiger charge is 2.18. The van der Waals surface area contributed by atoms with Gasteiger partial charge in [0.2, 0.25) is 0 Å². The summed E-state index contributed by atoms with van der Waals surface area (Å²) in [5.41, 5.74) is 1.99. The van der Waals surface area contributed by atoms with E-state index in [-0.39, 0.29) is 18.0 Å². The predicted molar refractivity (Wildman–Crippen MR) is 76.1 cm³/mol. The molecular weight excluding hydrogens is 238 g/mol. The van der Waals surface area contributed by atoms with Crippen LogP contribution in [0.3, 0.4) is 0 Å². The van der Waals surface area contributed by atoms with Crippen LogP contribution in [0, 0.1) is 0 Å². The second-order valence-corrected chi connectivity index (χ2v) is 5.47. The predicted octanol–water partition coefficient (Wildman–Crippen LogP) is 3.08. The molecule has 1 aromatic heterocycles. The van der Waals surface area contributed by atoms with Crippen LogP contribution in [0.2, 0.25) is 0 Å². The number of carbonyl (C=O) groups excluding carboxylic acids is 1. The summed E-state index contributed by atoms with van der Waals surface area (Å²) >= 11 is 0. The Morgan fingerprint density at radius 2 is 2.16 bits per heavy atom. The summed E-state index contributed by atoms with van der Waals surface area (Å²) in [7, 11) is 0. The van der Waals surface area contributed by atoms with Gasteiger partial charge in [-0.3, -0.25) is 9.48 Å². The molecule has 0 saturated heterocycles. The molecule has 1 aliphatic carbocycles. The maximum absolute atomic E-state index is 12.3. The number of allylic oxidation sites excluding steroid dienone is 1. The number of carbonyl (C=O) groups is 1. The van der Waals surface area contributed by atoms with Crippen LogP contribution in [-0.4, -0.2) is 21.7 Å². The van der Waals surface area contributed by atoms with E-state index in [0.29, 0.717) is 5.69 Å². The van der Waals surface area contributed by atoms with Crippen molar-refractivity contribution in [1.82, 2.24) is 15.1 Å². The topological polar surface area (TPSA) is 46.9 Å². The van der Waals surface area contributed by atoms with Crippen molar-refractivity contribution in [3.63, 3.8) is 0 Å². The molecule has 0 radical (unpaired) electrons. The van der Waals surface area contributed by atoms with Crippen LogP contribution in [0.25, 0.3) is 0 Å². The summed E-state index contributed by atoms with van der Waals surface area (Å²) in [5, 5.41) is 7.28. The Hall–Kier alpha value is -1.58. The van der Waals surface area contributed by atoms with E-state index in [0.717, 1.165) is 12.8 Å². The smallest absolute Gasteiger partial charge is 0.270 e. The second kappa shape index (κ2) is 6.04. The van der Waals surface area contributed by atoms with Gasteiger partial charge in [0.1, 0.15) is 5.69 Å². The highest BCUT2D eigenvalue weighted by Crippen LogP contribution is 2.20. The highest BCUT2D eigenvalue weighted by atomic mass is 16.2. The van der Waals surface area contributed by atoms with Gasteiger partial charge in [0.25, 0.3) is 5.91 Å². The molecule has 1 aromatic rings. The molecular formula is C15H23N3O. The lowest BCUT2D eigenvalue weighted by atomic mass is 9.95. The van der Waals surface area contributed by atoms with E-state index in [1.807, 2.05) is 13.8 Å². The Balaban J connectivity index is 2.04. The van der Waals surface area contributed by atoms with E-state index < -0.39 is 0 Å². The Kier molecular flexibility index (Phi) is 4.40. The van der Waals surface area contributed by atoms with Gasteiger partial charge in [-0.15, -0.1) is 0 Å². The van der Waals surface area contributed by atoms with E-state index in [2.05, 4.69) is 23.4 Å². The van der Waals surface area contributed by atoms with Crippen molar-refractivity contribution in [2.75, 3.05) is 0 Å². The SMILES string of the molecule is CC(NC(=O)c1ccnn1C(C)C)C1=CCCCC1. The van der Waals surface area contributed by atoms with Crippen LogP contribution in [0.1, 0.15) is 63.0 Å². The highest BCUT2D eigenvalue weighted by molar-refractivity contribution is 5.92. The van der Waals surface area contributed by atoms with Gasteiger partial charge >= 0.3 is 0 Å². The summed E-state index contributed by atoms with van der Waals surface area (Å²) in [5.74, 6) is -0.0369. The first-order valence-corrected chi connectivity index (χ1v) is 7.13. The van der Waals surface area contributed by atoms with Crippen molar-refractivity contribution in [3.05, 3.63) is 29.6 Å². The van der Waals surface area contributed by atoms with Crippen molar-refractivity contribution in [2.24, 2.45) is 0 Å². The van der Waals surface area contributed by atoms with Gasteiger partial charge in [-0.05, 0) is 52.5 Å². The van der Waals surface area contributed by atoms with Gasteiger partial charge in [-0.25, -0.2) is 0 Å². The van der Waals surface area contributed by atoms with Gasteiger partial charge in [-0.2, -0.15) is 5.10 Å². The Morgan fingerprint density at radius 3 is 2.79 bits per heavy atom. The molecule has 4 heteroatoms.